The van der Waals surface area contributed by atoms with Gasteiger partial charge in [-0.2, -0.15) is 13.2 Å². The van der Waals surface area contributed by atoms with Crippen molar-refractivity contribution in [1.29, 1.82) is 0 Å². The molecule has 2 aromatic heterocycles. The average molecular weight is 428 g/mol. The highest BCUT2D eigenvalue weighted by Gasteiger charge is 2.44. The van der Waals surface area contributed by atoms with E-state index in [1.54, 1.807) is 6.07 Å². The van der Waals surface area contributed by atoms with Crippen molar-refractivity contribution < 1.29 is 27.1 Å². The fourth-order valence-electron chi connectivity index (χ4n) is 4.27. The zero-order chi connectivity index (χ0) is 21.6. The molecule has 1 fully saturated rings. The van der Waals surface area contributed by atoms with Gasteiger partial charge < -0.3 is 15.0 Å². The Labute approximate surface area is 168 Å². The summed E-state index contributed by atoms with van der Waals surface area (Å²) in [6, 6.07) is 1.90. The molecule has 162 valence electrons. The predicted molar refractivity (Wildman–Crippen MR) is 98.3 cm³/mol. The van der Waals surface area contributed by atoms with Crippen molar-refractivity contribution in [1.82, 2.24) is 14.5 Å². The van der Waals surface area contributed by atoms with E-state index in [0.29, 0.717) is 48.9 Å². The maximum Gasteiger partial charge on any atom is 0.490 e. The lowest BCUT2D eigenvalue weighted by Gasteiger charge is -2.39. The van der Waals surface area contributed by atoms with Crippen LogP contribution in [0.4, 0.5) is 17.6 Å². The monoisotopic (exact) mass is 428 g/mol. The first-order chi connectivity index (χ1) is 14.1. The molecule has 7 nitrogen and oxygen atoms in total. The minimum Gasteiger partial charge on any atom is -0.453 e. The molecule has 4 heterocycles. The van der Waals surface area contributed by atoms with Crippen LogP contribution in [0.3, 0.4) is 0 Å². The molecule has 0 saturated carbocycles. The number of hydrogen-bond acceptors (Lipinski definition) is 6. The lowest BCUT2D eigenvalue weighted by molar-refractivity contribution is -0.207. The molecule has 2 N–H and O–H groups in total. The Hall–Kier alpha value is -2.53. The van der Waals surface area contributed by atoms with Gasteiger partial charge in [-0.05, 0) is 31.9 Å². The van der Waals surface area contributed by atoms with Crippen LogP contribution in [0.25, 0.3) is 11.0 Å². The molecule has 11 heteroatoms. The van der Waals surface area contributed by atoms with Crippen LogP contribution in [-0.2, 0) is 16.0 Å². The summed E-state index contributed by atoms with van der Waals surface area (Å²) in [6.07, 6.45) is -3.81. The molecular formula is C19H20F4N4O3. The van der Waals surface area contributed by atoms with E-state index in [1.165, 1.54) is 10.6 Å². The summed E-state index contributed by atoms with van der Waals surface area (Å²) in [4.78, 5) is 29.7. The van der Waals surface area contributed by atoms with Gasteiger partial charge in [0.2, 0.25) is 0 Å². The van der Waals surface area contributed by atoms with Gasteiger partial charge in [0.05, 0.1) is 23.3 Å². The lowest BCUT2D eigenvalue weighted by Crippen LogP contribution is -2.54. The summed E-state index contributed by atoms with van der Waals surface area (Å²) in [5.41, 5.74) is 6.95. The number of carbonyl (C=O) groups is 1. The van der Waals surface area contributed by atoms with Crippen molar-refractivity contribution in [3.8, 4) is 0 Å². The van der Waals surface area contributed by atoms with Crippen molar-refractivity contribution in [2.45, 2.75) is 43.6 Å². The number of rotatable bonds is 3. The average Bonchev–Trinajstić information content (AvgIpc) is 2.68. The maximum absolute atomic E-state index is 14.2. The lowest BCUT2D eigenvalue weighted by atomic mass is 9.96. The van der Waals surface area contributed by atoms with E-state index in [9.17, 15) is 27.2 Å². The molecule has 0 aromatic carbocycles. The van der Waals surface area contributed by atoms with Gasteiger partial charge in [-0.25, -0.2) is 9.18 Å². The third kappa shape index (κ3) is 3.79. The van der Waals surface area contributed by atoms with E-state index >= 15 is 0 Å². The Morgan fingerprint density at radius 1 is 1.30 bits per heavy atom. The zero-order valence-electron chi connectivity index (χ0n) is 15.9. The third-order valence-corrected chi connectivity index (χ3v) is 5.74. The zero-order valence-corrected chi connectivity index (χ0v) is 15.9. The number of halogens is 4. The topological polar surface area (TPSA) is 90.5 Å². The molecule has 2 aromatic rings. The molecule has 1 saturated heterocycles. The number of piperidine rings is 1. The predicted octanol–water partition coefficient (Wildman–Crippen LogP) is 1.53. The number of nitrogens with zero attached hydrogens (tertiary/aromatic N) is 3. The van der Waals surface area contributed by atoms with Crippen LogP contribution in [0, 0.1) is 5.82 Å². The molecule has 0 aliphatic carbocycles. The van der Waals surface area contributed by atoms with Gasteiger partial charge in [0.25, 0.3) is 5.56 Å². The van der Waals surface area contributed by atoms with Crippen molar-refractivity contribution >= 4 is 17.0 Å². The SMILES string of the molecule is N[C@H]1CCN(CC2CCc3c(F)cnc4ccc(=O)n2c34)C[C@H]1OC(=O)C(F)(F)F. The summed E-state index contributed by atoms with van der Waals surface area (Å²) in [5, 5.41) is 0. The van der Waals surface area contributed by atoms with Crippen LogP contribution in [0.15, 0.2) is 23.1 Å². The number of carbonyl (C=O) groups excluding carboxylic acids is 1. The Bertz CT molecular complexity index is 1040. The number of pyridine rings is 2. The first-order valence-corrected chi connectivity index (χ1v) is 9.59. The number of aromatic nitrogens is 2. The number of ether oxygens (including phenoxy) is 1. The Balaban J connectivity index is 1.56. The van der Waals surface area contributed by atoms with Crippen molar-refractivity contribution in [2.75, 3.05) is 19.6 Å². The van der Waals surface area contributed by atoms with Gasteiger partial charge in [0.15, 0.2) is 0 Å². The second-order valence-electron chi connectivity index (χ2n) is 7.71. The minimum absolute atomic E-state index is 0.0263. The van der Waals surface area contributed by atoms with E-state index in [0.717, 1.165) is 6.20 Å². The van der Waals surface area contributed by atoms with Gasteiger partial charge in [-0.3, -0.25) is 14.7 Å². The molecule has 3 atom stereocenters. The number of likely N-dealkylation sites (tertiary alicyclic amines) is 1. The van der Waals surface area contributed by atoms with Crippen LogP contribution >= 0.6 is 0 Å². The second-order valence-corrected chi connectivity index (χ2v) is 7.71. The first-order valence-electron chi connectivity index (χ1n) is 9.59. The molecule has 30 heavy (non-hydrogen) atoms. The van der Waals surface area contributed by atoms with Crippen molar-refractivity contribution in [3.05, 3.63) is 40.1 Å². The van der Waals surface area contributed by atoms with Crippen LogP contribution < -0.4 is 11.3 Å². The van der Waals surface area contributed by atoms with Gasteiger partial charge in [-0.1, -0.05) is 0 Å². The Kier molecular flexibility index (Phi) is 5.27. The smallest absolute Gasteiger partial charge is 0.453 e. The molecular weight excluding hydrogens is 408 g/mol. The van der Waals surface area contributed by atoms with Gasteiger partial charge in [0.1, 0.15) is 11.9 Å². The number of hydrogen-bond donors (Lipinski definition) is 1. The number of esters is 1. The van der Waals surface area contributed by atoms with Crippen LogP contribution in [0.2, 0.25) is 0 Å². The van der Waals surface area contributed by atoms with E-state index < -0.39 is 30.1 Å². The Morgan fingerprint density at radius 2 is 2.07 bits per heavy atom. The molecule has 2 aliphatic rings. The summed E-state index contributed by atoms with van der Waals surface area (Å²) in [7, 11) is 0. The quantitative estimate of drug-likeness (QED) is 0.589. The second kappa shape index (κ2) is 7.62. The highest BCUT2D eigenvalue weighted by atomic mass is 19.4. The van der Waals surface area contributed by atoms with E-state index in [2.05, 4.69) is 9.72 Å². The third-order valence-electron chi connectivity index (χ3n) is 5.74. The van der Waals surface area contributed by atoms with Crippen LogP contribution in [0.5, 0.6) is 0 Å². The Morgan fingerprint density at radius 3 is 2.80 bits per heavy atom. The minimum atomic E-state index is -5.09. The number of aryl methyl sites for hydroxylation is 1. The normalized spacial score (nSPS) is 24.8. The summed E-state index contributed by atoms with van der Waals surface area (Å²) in [5.74, 6) is -2.73. The molecule has 0 radical (unpaired) electrons. The fourth-order valence-corrected chi connectivity index (χ4v) is 4.27. The summed E-state index contributed by atoms with van der Waals surface area (Å²) in [6.45, 7) is 0.844. The van der Waals surface area contributed by atoms with Crippen molar-refractivity contribution in [3.63, 3.8) is 0 Å². The van der Waals surface area contributed by atoms with Gasteiger partial charge in [-0.15, -0.1) is 0 Å². The summed E-state index contributed by atoms with van der Waals surface area (Å²) >= 11 is 0. The maximum atomic E-state index is 14.2. The van der Waals surface area contributed by atoms with E-state index in [1.807, 2.05) is 4.90 Å². The van der Waals surface area contributed by atoms with Crippen molar-refractivity contribution in [2.24, 2.45) is 5.73 Å². The molecule has 0 amide bonds. The molecule has 4 rings (SSSR count). The molecule has 0 bridgehead atoms. The van der Waals surface area contributed by atoms with Gasteiger partial charge in [0, 0.05) is 30.8 Å². The molecule has 1 unspecified atom stereocenters. The molecule has 2 aliphatic heterocycles. The van der Waals surface area contributed by atoms with E-state index in [4.69, 9.17) is 5.73 Å². The van der Waals surface area contributed by atoms with Gasteiger partial charge >= 0.3 is 12.1 Å². The first kappa shape index (κ1) is 20.7. The fraction of sp³-hybridized carbons (Fsp3) is 0.526. The van der Waals surface area contributed by atoms with E-state index in [-0.39, 0.29) is 18.1 Å². The largest absolute Gasteiger partial charge is 0.490 e. The highest BCUT2D eigenvalue weighted by Crippen LogP contribution is 2.31. The van der Waals surface area contributed by atoms with Crippen LogP contribution in [-0.4, -0.2) is 58.4 Å². The number of alkyl halides is 3. The standard InChI is InChI=1S/C19H20F4N4O3/c20-12-7-25-14-3-4-16(28)27-10(1-2-11(12)17(14)27)8-26-6-5-13(24)15(9-26)30-18(29)19(21,22)23/h3-4,7,10,13,15H,1-2,5-6,8-9,24H2/t10?,13-,15+/m0/s1. The molecule has 0 spiro atoms. The summed E-state index contributed by atoms with van der Waals surface area (Å²) < 4.78 is 57.9. The number of nitrogens with two attached hydrogens (primary N) is 1. The van der Waals surface area contributed by atoms with Crippen LogP contribution in [0.1, 0.15) is 24.4 Å². The highest BCUT2D eigenvalue weighted by molar-refractivity contribution is 5.79.